The van der Waals surface area contributed by atoms with Crippen molar-refractivity contribution in [2.75, 3.05) is 5.32 Å². The third-order valence-corrected chi connectivity index (χ3v) is 4.16. The molecule has 1 saturated carbocycles. The largest absolute Gasteiger partial charge is 0.481 e. The van der Waals surface area contributed by atoms with Gasteiger partial charge in [0.1, 0.15) is 0 Å². The van der Waals surface area contributed by atoms with Crippen LogP contribution in [0.1, 0.15) is 36.0 Å². The summed E-state index contributed by atoms with van der Waals surface area (Å²) in [4.78, 5) is 22.7. The minimum absolute atomic E-state index is 0.173. The van der Waals surface area contributed by atoms with E-state index in [1.807, 2.05) is 0 Å². The molecule has 1 fully saturated rings. The molecule has 2 unspecified atom stereocenters. The maximum absolute atomic E-state index is 11.4. The van der Waals surface area contributed by atoms with E-state index in [0.29, 0.717) is 17.7 Å². The number of hydrogen-bond acceptors (Lipinski definition) is 3. The lowest BCUT2D eigenvalue weighted by molar-refractivity contribution is -0.143. The van der Waals surface area contributed by atoms with Crippen LogP contribution in [0.4, 0.5) is 5.69 Å². The first-order valence-electron chi connectivity index (χ1n) is 6.57. The number of carbonyl (C=O) groups is 2. The number of hydrogen-bond donors (Lipinski definition) is 3. The molecule has 0 spiro atoms. The van der Waals surface area contributed by atoms with Crippen LogP contribution in [0.2, 0.25) is 0 Å². The Hall–Kier alpha value is -1.56. The fourth-order valence-corrected chi connectivity index (χ4v) is 3.01. The topological polar surface area (TPSA) is 92.4 Å². The first kappa shape index (κ1) is 14.8. The number of carboxylic acids is 1. The molecule has 0 bridgehead atoms. The van der Waals surface area contributed by atoms with Crippen LogP contribution in [0.5, 0.6) is 0 Å². The van der Waals surface area contributed by atoms with Gasteiger partial charge in [-0.15, -0.1) is 0 Å². The molecule has 6 heteroatoms. The second-order valence-corrected chi connectivity index (χ2v) is 5.95. The maximum Gasteiger partial charge on any atom is 0.308 e. The zero-order valence-electron chi connectivity index (χ0n) is 10.9. The Morgan fingerprint density at radius 1 is 1.30 bits per heavy atom. The van der Waals surface area contributed by atoms with E-state index in [0.717, 1.165) is 23.7 Å². The molecule has 1 aliphatic carbocycles. The van der Waals surface area contributed by atoms with Crippen LogP contribution in [0, 0.1) is 5.92 Å². The van der Waals surface area contributed by atoms with Gasteiger partial charge in [-0.2, -0.15) is 0 Å². The maximum atomic E-state index is 11.4. The van der Waals surface area contributed by atoms with Crippen LogP contribution in [0.25, 0.3) is 0 Å². The molecule has 5 nitrogen and oxygen atoms in total. The highest BCUT2D eigenvalue weighted by Crippen LogP contribution is 2.30. The Morgan fingerprint density at radius 2 is 2.00 bits per heavy atom. The van der Waals surface area contributed by atoms with Gasteiger partial charge < -0.3 is 16.2 Å². The van der Waals surface area contributed by atoms with Crippen molar-refractivity contribution in [2.45, 2.75) is 31.7 Å². The fourth-order valence-electron chi connectivity index (χ4n) is 2.65. The number of nitrogens with two attached hydrogens (primary N) is 1. The van der Waals surface area contributed by atoms with E-state index in [1.165, 1.54) is 0 Å². The van der Waals surface area contributed by atoms with Crippen molar-refractivity contribution in [3.05, 3.63) is 28.2 Å². The molecular weight excluding hydrogens is 324 g/mol. The Kier molecular flexibility index (Phi) is 4.65. The van der Waals surface area contributed by atoms with Crippen molar-refractivity contribution in [1.82, 2.24) is 0 Å². The van der Waals surface area contributed by atoms with Crippen LogP contribution >= 0.6 is 15.9 Å². The predicted octanol–water partition coefficient (Wildman–Crippen LogP) is 2.60. The number of carboxylic acid groups (broad SMARTS) is 1. The van der Waals surface area contributed by atoms with E-state index in [-0.39, 0.29) is 6.04 Å². The van der Waals surface area contributed by atoms with Crippen LogP contribution in [0.15, 0.2) is 22.7 Å². The molecule has 1 aromatic carbocycles. The minimum atomic E-state index is -0.794. The van der Waals surface area contributed by atoms with Crippen LogP contribution in [0.3, 0.4) is 0 Å². The Balaban J connectivity index is 2.25. The zero-order valence-corrected chi connectivity index (χ0v) is 12.5. The van der Waals surface area contributed by atoms with Crippen molar-refractivity contribution >= 4 is 33.5 Å². The summed E-state index contributed by atoms with van der Waals surface area (Å²) in [5.74, 6) is -1.75. The minimum Gasteiger partial charge on any atom is -0.481 e. The third kappa shape index (κ3) is 3.30. The first-order chi connectivity index (χ1) is 9.49. The number of benzene rings is 1. The van der Waals surface area contributed by atoms with Gasteiger partial charge in [-0.25, -0.2) is 0 Å². The molecule has 0 aromatic heterocycles. The summed E-state index contributed by atoms with van der Waals surface area (Å²) < 4.78 is 0.813. The number of primary amides is 1. The first-order valence-corrected chi connectivity index (χ1v) is 7.37. The highest BCUT2D eigenvalue weighted by atomic mass is 79.9. The zero-order chi connectivity index (χ0) is 14.7. The van der Waals surface area contributed by atoms with Gasteiger partial charge >= 0.3 is 5.97 Å². The molecule has 1 amide bonds. The molecule has 1 aliphatic rings. The smallest absolute Gasteiger partial charge is 0.308 e. The summed E-state index contributed by atoms with van der Waals surface area (Å²) in [6.45, 7) is 0. The molecule has 0 saturated heterocycles. The number of rotatable bonds is 4. The number of amides is 1. The Morgan fingerprint density at radius 3 is 2.65 bits per heavy atom. The molecular formula is C14H17BrN2O3. The molecule has 20 heavy (non-hydrogen) atoms. The van der Waals surface area contributed by atoms with Crippen LogP contribution < -0.4 is 11.1 Å². The average Bonchev–Trinajstić information content (AvgIpc) is 2.38. The molecule has 2 rings (SSSR count). The SMILES string of the molecule is NC(=O)c1ccc(Br)cc1NC1CCCCC1C(=O)O. The summed E-state index contributed by atoms with van der Waals surface area (Å²) >= 11 is 3.35. The number of halogens is 1. The lowest BCUT2D eigenvalue weighted by Gasteiger charge is -2.30. The standard InChI is InChI=1S/C14H17BrN2O3/c15-8-5-6-9(13(16)18)12(7-8)17-11-4-2-1-3-10(11)14(19)20/h5-7,10-11,17H,1-4H2,(H2,16,18)(H,19,20). The van der Waals surface area contributed by atoms with E-state index < -0.39 is 17.8 Å². The number of nitrogens with one attached hydrogen (secondary N) is 1. The molecule has 0 aliphatic heterocycles. The van der Waals surface area contributed by atoms with Crippen molar-refractivity contribution in [3.63, 3.8) is 0 Å². The summed E-state index contributed by atoms with van der Waals surface area (Å²) in [6, 6.07) is 4.95. The van der Waals surface area contributed by atoms with E-state index in [9.17, 15) is 14.7 Å². The van der Waals surface area contributed by atoms with E-state index in [1.54, 1.807) is 18.2 Å². The molecule has 2 atom stereocenters. The number of anilines is 1. The van der Waals surface area contributed by atoms with Crippen molar-refractivity contribution < 1.29 is 14.7 Å². The van der Waals surface area contributed by atoms with Gasteiger partial charge in [0.15, 0.2) is 0 Å². The lowest BCUT2D eigenvalue weighted by atomic mass is 9.84. The van der Waals surface area contributed by atoms with Crippen molar-refractivity contribution in [2.24, 2.45) is 11.7 Å². The van der Waals surface area contributed by atoms with Crippen molar-refractivity contribution in [1.29, 1.82) is 0 Å². The van der Waals surface area contributed by atoms with Crippen LogP contribution in [-0.2, 0) is 4.79 Å². The van der Waals surface area contributed by atoms with E-state index in [4.69, 9.17) is 5.73 Å². The van der Waals surface area contributed by atoms with Gasteiger partial charge in [0.25, 0.3) is 5.91 Å². The Bertz CT molecular complexity index is 533. The summed E-state index contributed by atoms with van der Waals surface area (Å²) in [5.41, 5.74) is 6.32. The van der Waals surface area contributed by atoms with Crippen molar-refractivity contribution in [3.8, 4) is 0 Å². The third-order valence-electron chi connectivity index (χ3n) is 3.67. The summed E-state index contributed by atoms with van der Waals surface area (Å²) in [7, 11) is 0. The lowest BCUT2D eigenvalue weighted by Crippen LogP contribution is -2.37. The van der Waals surface area contributed by atoms with Gasteiger partial charge in [0.2, 0.25) is 0 Å². The second-order valence-electron chi connectivity index (χ2n) is 5.03. The van der Waals surface area contributed by atoms with Gasteiger partial charge in [0, 0.05) is 16.2 Å². The normalized spacial score (nSPS) is 22.2. The molecule has 1 aromatic rings. The van der Waals surface area contributed by atoms with Gasteiger partial charge in [0.05, 0.1) is 11.5 Å². The fraction of sp³-hybridized carbons (Fsp3) is 0.429. The van der Waals surface area contributed by atoms with Gasteiger partial charge in [-0.05, 0) is 31.0 Å². The van der Waals surface area contributed by atoms with Gasteiger partial charge in [-0.3, -0.25) is 9.59 Å². The monoisotopic (exact) mass is 340 g/mol. The van der Waals surface area contributed by atoms with E-state index >= 15 is 0 Å². The quantitative estimate of drug-likeness (QED) is 0.785. The summed E-state index contributed by atoms with van der Waals surface area (Å²) in [6.07, 6.45) is 3.35. The molecule has 0 heterocycles. The van der Waals surface area contributed by atoms with Gasteiger partial charge in [-0.1, -0.05) is 28.8 Å². The molecule has 108 valence electrons. The molecule has 4 N–H and O–H groups in total. The molecule has 0 radical (unpaired) electrons. The highest BCUT2D eigenvalue weighted by Gasteiger charge is 2.31. The summed E-state index contributed by atoms with van der Waals surface area (Å²) in [5, 5.41) is 12.5. The van der Waals surface area contributed by atoms with E-state index in [2.05, 4.69) is 21.2 Å². The second kappa shape index (κ2) is 6.26. The highest BCUT2D eigenvalue weighted by molar-refractivity contribution is 9.10. The van der Waals surface area contributed by atoms with Crippen LogP contribution in [-0.4, -0.2) is 23.0 Å². The number of aliphatic carboxylic acids is 1. The number of carbonyl (C=O) groups excluding carboxylic acids is 1. The average molecular weight is 341 g/mol. The Labute approximate surface area is 125 Å². The predicted molar refractivity (Wildman–Crippen MR) is 79.7 cm³/mol.